The third kappa shape index (κ3) is 5.50. The number of amides is 1. The number of Topliss-reactive ketones (excluding diaryl/α,β-unsaturated/α-hetero) is 1. The molecule has 0 radical (unpaired) electrons. The van der Waals surface area contributed by atoms with Gasteiger partial charge in [0.15, 0.2) is 11.0 Å². The molecule has 0 aromatic heterocycles. The van der Waals surface area contributed by atoms with Crippen LogP contribution in [0.2, 0.25) is 0 Å². The Morgan fingerprint density at radius 2 is 1.86 bits per heavy atom. The topological polar surface area (TPSA) is 70.9 Å². The van der Waals surface area contributed by atoms with Crippen molar-refractivity contribution in [1.29, 1.82) is 0 Å². The summed E-state index contributed by atoms with van der Waals surface area (Å²) in [5.41, 5.74) is 3.73. The Morgan fingerprint density at radius 1 is 1.14 bits per heavy atom. The minimum Gasteiger partial charge on any atom is -0.303 e. The van der Waals surface area contributed by atoms with Gasteiger partial charge in [-0.15, -0.1) is 5.10 Å². The average molecular weight is 391 g/mol. The van der Waals surface area contributed by atoms with Crippen molar-refractivity contribution in [3.05, 3.63) is 76.9 Å². The lowest BCUT2D eigenvalue weighted by Crippen LogP contribution is -2.26. The molecule has 0 spiro atoms. The Balaban J connectivity index is 1.58. The van der Waals surface area contributed by atoms with Crippen LogP contribution in [0.4, 0.5) is 0 Å². The van der Waals surface area contributed by atoms with Crippen molar-refractivity contribution < 1.29 is 9.59 Å². The predicted molar refractivity (Wildman–Crippen MR) is 116 cm³/mol. The number of hydrogen-bond acceptors (Lipinski definition) is 5. The summed E-state index contributed by atoms with van der Waals surface area (Å²) in [7, 11) is 0. The van der Waals surface area contributed by atoms with E-state index in [1.54, 1.807) is 18.3 Å². The van der Waals surface area contributed by atoms with Gasteiger partial charge in [0.2, 0.25) is 5.91 Å². The van der Waals surface area contributed by atoms with Crippen LogP contribution in [0.1, 0.15) is 34.8 Å². The van der Waals surface area contributed by atoms with Crippen LogP contribution in [0, 0.1) is 6.92 Å². The van der Waals surface area contributed by atoms with Crippen molar-refractivity contribution in [2.75, 3.05) is 0 Å². The van der Waals surface area contributed by atoms with Gasteiger partial charge in [0.05, 0.1) is 11.5 Å². The van der Waals surface area contributed by atoms with Gasteiger partial charge in [-0.25, -0.2) is 0 Å². The maximum atomic E-state index is 12.4. The van der Waals surface area contributed by atoms with Crippen LogP contribution in [-0.2, 0) is 4.79 Å². The number of benzene rings is 2. The molecule has 3 rings (SSSR count). The van der Waals surface area contributed by atoms with Crippen LogP contribution in [0.5, 0.6) is 0 Å². The summed E-state index contributed by atoms with van der Waals surface area (Å²) in [5.74, 6) is -0.269. The van der Waals surface area contributed by atoms with Gasteiger partial charge >= 0.3 is 0 Å². The van der Waals surface area contributed by atoms with E-state index in [2.05, 4.69) is 15.5 Å². The summed E-state index contributed by atoms with van der Waals surface area (Å²) in [6.45, 7) is 3.90. The molecule has 28 heavy (non-hydrogen) atoms. The fourth-order valence-corrected chi connectivity index (χ4v) is 3.56. The van der Waals surface area contributed by atoms with Gasteiger partial charge in [-0.1, -0.05) is 78.0 Å². The highest BCUT2D eigenvalue weighted by Gasteiger charge is 2.32. The monoisotopic (exact) mass is 391 g/mol. The van der Waals surface area contributed by atoms with E-state index >= 15 is 0 Å². The largest absolute Gasteiger partial charge is 0.303 e. The first-order valence-electron chi connectivity index (χ1n) is 8.93. The van der Waals surface area contributed by atoms with Gasteiger partial charge in [0, 0.05) is 12.0 Å². The van der Waals surface area contributed by atoms with Crippen LogP contribution < -0.4 is 5.32 Å². The third-order valence-corrected chi connectivity index (χ3v) is 5.20. The molecule has 0 aliphatic carbocycles. The molecule has 1 N–H and O–H groups in total. The standard InChI is InChI=1S/C22H21N3O2S/c1-15-8-10-18(11-9-15)19(26)13-20-21(27)24-22(28-20)25-23-14-16(2)12-17-6-4-3-5-7-17/h3-12,14,20H,13H2,1-2H3,(H,24,25,27)/b16-12-,23-14-. The molecule has 142 valence electrons. The van der Waals surface area contributed by atoms with Crippen molar-refractivity contribution >= 4 is 40.9 Å². The number of ketones is 1. The third-order valence-electron chi connectivity index (χ3n) is 4.12. The molecule has 1 aliphatic rings. The highest BCUT2D eigenvalue weighted by Crippen LogP contribution is 2.24. The molecule has 0 bridgehead atoms. The molecular weight excluding hydrogens is 370 g/mol. The highest BCUT2D eigenvalue weighted by molar-refractivity contribution is 8.15. The molecule has 1 aliphatic heterocycles. The Morgan fingerprint density at radius 3 is 2.57 bits per heavy atom. The minimum absolute atomic E-state index is 0.0564. The van der Waals surface area contributed by atoms with Crippen LogP contribution in [0.15, 0.2) is 70.4 Å². The van der Waals surface area contributed by atoms with E-state index < -0.39 is 5.25 Å². The van der Waals surface area contributed by atoms with Gasteiger partial charge in [-0.2, -0.15) is 5.10 Å². The summed E-state index contributed by atoms with van der Waals surface area (Å²) in [4.78, 5) is 24.5. The highest BCUT2D eigenvalue weighted by atomic mass is 32.2. The van der Waals surface area contributed by atoms with Gasteiger partial charge < -0.3 is 5.32 Å². The Bertz CT molecular complexity index is 948. The maximum absolute atomic E-state index is 12.4. The summed E-state index contributed by atoms with van der Waals surface area (Å²) >= 11 is 1.24. The Kier molecular flexibility index (Phi) is 6.55. The van der Waals surface area contributed by atoms with E-state index in [0.717, 1.165) is 16.7 Å². The Labute approximate surface area is 168 Å². The van der Waals surface area contributed by atoms with Gasteiger partial charge in [-0.3, -0.25) is 9.59 Å². The fraction of sp³-hybridized carbons (Fsp3) is 0.182. The number of nitrogens with one attached hydrogen (secondary N) is 1. The average Bonchev–Trinajstić information content (AvgIpc) is 3.02. The molecule has 1 atom stereocenters. The summed E-state index contributed by atoms with van der Waals surface area (Å²) < 4.78 is 0. The molecule has 1 unspecified atom stereocenters. The van der Waals surface area contributed by atoms with Gasteiger partial charge in [0.25, 0.3) is 0 Å². The van der Waals surface area contributed by atoms with Gasteiger partial charge in [0.1, 0.15) is 0 Å². The van der Waals surface area contributed by atoms with Crippen molar-refractivity contribution in [2.24, 2.45) is 10.2 Å². The first kappa shape index (κ1) is 19.8. The lowest BCUT2D eigenvalue weighted by atomic mass is 10.0. The summed E-state index contributed by atoms with van der Waals surface area (Å²) in [5, 5.41) is 10.7. The summed E-state index contributed by atoms with van der Waals surface area (Å²) in [6.07, 6.45) is 3.76. The van der Waals surface area contributed by atoms with Crippen molar-refractivity contribution in [1.82, 2.24) is 5.32 Å². The molecule has 0 saturated carbocycles. The minimum atomic E-state index is -0.483. The van der Waals surface area contributed by atoms with E-state index in [4.69, 9.17) is 0 Å². The lowest BCUT2D eigenvalue weighted by Gasteiger charge is -2.04. The molecule has 2 aromatic rings. The van der Waals surface area contributed by atoms with Crippen molar-refractivity contribution in [3.8, 4) is 0 Å². The number of allylic oxidation sites excluding steroid dienone is 1. The zero-order valence-corrected chi connectivity index (χ0v) is 16.6. The number of rotatable bonds is 6. The molecule has 1 fully saturated rings. The predicted octanol–water partition coefficient (Wildman–Crippen LogP) is 4.24. The summed E-state index contributed by atoms with van der Waals surface area (Å²) in [6, 6.07) is 17.3. The lowest BCUT2D eigenvalue weighted by molar-refractivity contribution is -0.118. The van der Waals surface area contributed by atoms with E-state index in [0.29, 0.717) is 10.7 Å². The van der Waals surface area contributed by atoms with Crippen molar-refractivity contribution in [2.45, 2.75) is 25.5 Å². The van der Waals surface area contributed by atoms with E-state index in [-0.39, 0.29) is 18.1 Å². The van der Waals surface area contributed by atoms with Crippen LogP contribution >= 0.6 is 11.8 Å². The number of carbonyl (C=O) groups is 2. The van der Waals surface area contributed by atoms with Crippen LogP contribution in [-0.4, -0.2) is 28.3 Å². The maximum Gasteiger partial charge on any atom is 0.240 e. The normalized spacial score (nSPS) is 18.6. The number of hydrogen-bond donors (Lipinski definition) is 1. The van der Waals surface area contributed by atoms with Gasteiger partial charge in [-0.05, 0) is 25.0 Å². The number of aryl methyl sites for hydroxylation is 1. The second kappa shape index (κ2) is 9.28. The molecule has 1 saturated heterocycles. The van der Waals surface area contributed by atoms with Crippen molar-refractivity contribution in [3.63, 3.8) is 0 Å². The molecular formula is C22H21N3O2S. The zero-order valence-electron chi connectivity index (χ0n) is 15.8. The first-order chi connectivity index (χ1) is 13.5. The molecule has 1 heterocycles. The SMILES string of the molecule is CC(/C=N\N=C1/NC(=O)C(CC(=O)c2ccc(C)cc2)S1)=C/c1ccccc1. The number of amidine groups is 1. The second-order valence-electron chi connectivity index (χ2n) is 6.54. The van der Waals surface area contributed by atoms with E-state index in [1.165, 1.54) is 11.8 Å². The smallest absolute Gasteiger partial charge is 0.240 e. The molecule has 6 heteroatoms. The molecule has 2 aromatic carbocycles. The first-order valence-corrected chi connectivity index (χ1v) is 9.81. The number of nitrogens with zero attached hydrogens (tertiary/aromatic N) is 2. The van der Waals surface area contributed by atoms with E-state index in [9.17, 15) is 9.59 Å². The Hall–Kier alpha value is -2.99. The number of carbonyl (C=O) groups excluding carboxylic acids is 2. The van der Waals surface area contributed by atoms with Crippen LogP contribution in [0.3, 0.4) is 0 Å². The molecule has 1 amide bonds. The van der Waals surface area contributed by atoms with E-state index in [1.807, 2.05) is 62.4 Å². The zero-order chi connectivity index (χ0) is 19.9. The van der Waals surface area contributed by atoms with Crippen LogP contribution in [0.25, 0.3) is 6.08 Å². The fourth-order valence-electron chi connectivity index (χ4n) is 2.63. The quantitative estimate of drug-likeness (QED) is 0.455. The second-order valence-corrected chi connectivity index (χ2v) is 7.73. The number of thioether (sulfide) groups is 1. The molecule has 5 nitrogen and oxygen atoms in total.